The topological polar surface area (TPSA) is 30.2 Å². The molecule has 0 saturated heterocycles. The molecular formula is C61H43N3. The summed E-state index contributed by atoms with van der Waals surface area (Å²) in [5.74, 6) is 0.253. The Morgan fingerprint density at radius 3 is 1.61 bits per heavy atom. The molecule has 12 rings (SSSR count). The lowest BCUT2D eigenvalue weighted by molar-refractivity contribution is 0.579. The van der Waals surface area contributed by atoms with Crippen molar-refractivity contribution in [3.8, 4) is 39.2 Å². The third kappa shape index (κ3) is 6.44. The minimum absolute atomic E-state index is 0.0461. The highest BCUT2D eigenvalue weighted by Crippen LogP contribution is 2.44. The predicted molar refractivity (Wildman–Crippen MR) is 269 cm³/mol. The van der Waals surface area contributed by atoms with E-state index in [1.807, 2.05) is 0 Å². The highest BCUT2D eigenvalue weighted by Gasteiger charge is 2.28. The van der Waals surface area contributed by atoms with Gasteiger partial charge in [0.15, 0.2) is 0 Å². The molecule has 11 aromatic rings. The highest BCUT2D eigenvalue weighted by atomic mass is 15.0. The largest absolute Gasteiger partial charge is 0.308 e. The second-order valence-electron chi connectivity index (χ2n) is 16.9. The van der Waals surface area contributed by atoms with Crippen LogP contribution in [0.2, 0.25) is 0 Å². The van der Waals surface area contributed by atoms with Crippen molar-refractivity contribution in [1.82, 2.24) is 9.55 Å². The molecule has 2 aromatic heterocycles. The number of aliphatic imine (C=N–C) groups is 1. The average Bonchev–Trinajstić information content (AvgIpc) is 3.72. The second-order valence-corrected chi connectivity index (χ2v) is 16.9. The first-order valence-electron chi connectivity index (χ1n) is 22.2. The molecule has 1 aliphatic heterocycles. The summed E-state index contributed by atoms with van der Waals surface area (Å²) in [6.07, 6.45) is 2.29. The van der Waals surface area contributed by atoms with E-state index in [1.165, 1.54) is 76.9 Å². The van der Waals surface area contributed by atoms with Crippen molar-refractivity contribution < 1.29 is 0 Å². The van der Waals surface area contributed by atoms with Crippen molar-refractivity contribution in [2.75, 3.05) is 0 Å². The summed E-state index contributed by atoms with van der Waals surface area (Å²) in [5.41, 5.74) is 17.2. The monoisotopic (exact) mass is 817 g/mol. The van der Waals surface area contributed by atoms with Crippen LogP contribution >= 0.6 is 0 Å². The first kappa shape index (κ1) is 37.6. The molecule has 0 N–H and O–H groups in total. The fraction of sp³-hybridized carbons (Fsp3) is 0.0492. The first-order valence-corrected chi connectivity index (χ1v) is 22.2. The van der Waals surface area contributed by atoms with Gasteiger partial charge >= 0.3 is 0 Å². The molecule has 9 aromatic carbocycles. The van der Waals surface area contributed by atoms with Gasteiger partial charge in [0, 0.05) is 33.3 Å². The average molecular weight is 818 g/mol. The van der Waals surface area contributed by atoms with E-state index in [9.17, 15) is 0 Å². The van der Waals surface area contributed by atoms with Crippen LogP contribution in [0.25, 0.3) is 88.3 Å². The molecule has 64 heavy (non-hydrogen) atoms. The number of fused-ring (bicyclic) bond motifs is 7. The molecule has 302 valence electrons. The van der Waals surface area contributed by atoms with Crippen LogP contribution < -0.4 is 0 Å². The van der Waals surface area contributed by atoms with Crippen molar-refractivity contribution in [2.24, 2.45) is 10.9 Å². The number of rotatable bonds is 7. The molecule has 0 bridgehead atoms. The Hall–Kier alpha value is -8.14. The number of dihydropyridines is 1. The number of para-hydroxylation sites is 2. The van der Waals surface area contributed by atoms with Crippen molar-refractivity contribution in [3.63, 3.8) is 0 Å². The molecule has 3 heterocycles. The summed E-state index contributed by atoms with van der Waals surface area (Å²) in [6.45, 7) is 2.30. The highest BCUT2D eigenvalue weighted by molar-refractivity contribution is 6.27. The van der Waals surface area contributed by atoms with Gasteiger partial charge in [0.25, 0.3) is 0 Å². The molecule has 0 radical (unpaired) electrons. The van der Waals surface area contributed by atoms with Gasteiger partial charge in [-0.3, -0.25) is 4.99 Å². The zero-order valence-electron chi connectivity index (χ0n) is 35.4. The van der Waals surface area contributed by atoms with E-state index in [2.05, 4.69) is 242 Å². The molecule has 0 amide bonds. The van der Waals surface area contributed by atoms with Crippen molar-refractivity contribution >= 4 is 54.8 Å². The van der Waals surface area contributed by atoms with Gasteiger partial charge in [-0.1, -0.05) is 207 Å². The molecule has 3 heteroatoms. The van der Waals surface area contributed by atoms with Gasteiger partial charge in [-0.15, -0.1) is 0 Å². The maximum atomic E-state index is 5.48. The van der Waals surface area contributed by atoms with E-state index in [0.717, 1.165) is 33.7 Å². The molecule has 0 aliphatic carbocycles. The molecule has 0 fully saturated rings. The minimum Gasteiger partial charge on any atom is -0.308 e. The number of nitrogens with zero attached hydrogens (tertiary/aromatic N) is 3. The Morgan fingerprint density at radius 1 is 0.422 bits per heavy atom. The van der Waals surface area contributed by atoms with E-state index >= 15 is 0 Å². The van der Waals surface area contributed by atoms with Gasteiger partial charge in [-0.25, -0.2) is 4.98 Å². The Bertz CT molecular complexity index is 3570. The molecule has 3 nitrogen and oxygen atoms in total. The van der Waals surface area contributed by atoms with Crippen LogP contribution in [0.4, 0.5) is 0 Å². The third-order valence-electron chi connectivity index (χ3n) is 13.2. The van der Waals surface area contributed by atoms with Crippen molar-refractivity contribution in [1.29, 1.82) is 0 Å². The lowest BCUT2D eigenvalue weighted by Gasteiger charge is -2.29. The minimum atomic E-state index is 0.0461. The lowest BCUT2D eigenvalue weighted by atomic mass is 9.81. The van der Waals surface area contributed by atoms with Crippen LogP contribution in [0.1, 0.15) is 29.7 Å². The van der Waals surface area contributed by atoms with Gasteiger partial charge in [0.1, 0.15) is 0 Å². The van der Waals surface area contributed by atoms with E-state index in [0.29, 0.717) is 0 Å². The number of pyridine rings is 1. The van der Waals surface area contributed by atoms with Crippen LogP contribution in [0, 0.1) is 5.92 Å². The SMILES string of the molecule is CC1C(c2ccccc2)=CC(c2ccc(-c3ccc(-c4ccc(-c5nc6ccc7ccccc7c6c6c5c5ccccc5n6-c5ccccc5)cc4)cc3)cc2)=NC1c1ccccc1. The van der Waals surface area contributed by atoms with Crippen LogP contribution in [0.15, 0.2) is 236 Å². The number of benzene rings is 9. The molecule has 2 atom stereocenters. The third-order valence-corrected chi connectivity index (χ3v) is 13.2. The maximum absolute atomic E-state index is 5.48. The summed E-state index contributed by atoms with van der Waals surface area (Å²) >= 11 is 0. The number of hydrogen-bond acceptors (Lipinski definition) is 2. The van der Waals surface area contributed by atoms with E-state index in [4.69, 9.17) is 9.98 Å². The molecule has 2 unspecified atom stereocenters. The first-order chi connectivity index (χ1) is 31.7. The van der Waals surface area contributed by atoms with E-state index < -0.39 is 0 Å². The number of hydrogen-bond donors (Lipinski definition) is 0. The number of allylic oxidation sites excluding steroid dienone is 1. The van der Waals surface area contributed by atoms with Crippen LogP contribution in [-0.4, -0.2) is 15.3 Å². The van der Waals surface area contributed by atoms with Crippen LogP contribution in [0.5, 0.6) is 0 Å². The van der Waals surface area contributed by atoms with Gasteiger partial charge in [0.2, 0.25) is 0 Å². The van der Waals surface area contributed by atoms with E-state index in [-0.39, 0.29) is 12.0 Å². The zero-order chi connectivity index (χ0) is 42.6. The smallest absolute Gasteiger partial charge is 0.0822 e. The van der Waals surface area contributed by atoms with Gasteiger partial charge < -0.3 is 4.57 Å². The Morgan fingerprint density at radius 2 is 0.953 bits per heavy atom. The maximum Gasteiger partial charge on any atom is 0.0822 e. The van der Waals surface area contributed by atoms with Gasteiger partial charge in [-0.05, 0) is 85.6 Å². The summed E-state index contributed by atoms with van der Waals surface area (Å²) in [7, 11) is 0. The summed E-state index contributed by atoms with van der Waals surface area (Å²) in [5, 5.41) is 5.95. The van der Waals surface area contributed by atoms with Gasteiger partial charge in [-0.2, -0.15) is 0 Å². The zero-order valence-corrected chi connectivity index (χ0v) is 35.4. The van der Waals surface area contributed by atoms with Crippen molar-refractivity contribution in [3.05, 3.63) is 247 Å². The van der Waals surface area contributed by atoms with Gasteiger partial charge in [0.05, 0.1) is 34.0 Å². The Balaban J connectivity index is 0.881. The summed E-state index contributed by atoms with van der Waals surface area (Å²) in [4.78, 5) is 10.8. The fourth-order valence-corrected chi connectivity index (χ4v) is 9.95. The lowest BCUT2D eigenvalue weighted by Crippen LogP contribution is -2.18. The summed E-state index contributed by atoms with van der Waals surface area (Å²) < 4.78 is 2.43. The molecule has 0 spiro atoms. The Kier molecular flexibility index (Phi) is 9.19. The predicted octanol–water partition coefficient (Wildman–Crippen LogP) is 15.7. The summed E-state index contributed by atoms with van der Waals surface area (Å²) in [6, 6.07) is 80.8. The van der Waals surface area contributed by atoms with Crippen molar-refractivity contribution in [2.45, 2.75) is 13.0 Å². The molecule has 0 saturated carbocycles. The van der Waals surface area contributed by atoms with Crippen LogP contribution in [-0.2, 0) is 0 Å². The van der Waals surface area contributed by atoms with E-state index in [1.54, 1.807) is 0 Å². The standard InChI is InChI=1S/C61H43N3/c1-40-53(45-15-5-2-6-16-45)39-55(63-59(40)48-18-7-3-8-19-48)47-33-29-43(30-34-47)41-25-27-42(28-26-41)44-31-35-49(36-32-44)60-58-52-23-13-14-24-56(52)64(50-20-9-4-10-21-50)61(58)57-51-22-12-11-17-46(51)37-38-54(57)62-60/h2-40,59H,1H3. The Labute approximate surface area is 373 Å². The molecular weight excluding hydrogens is 775 g/mol. The quantitative estimate of drug-likeness (QED) is 0.147. The second kappa shape index (κ2) is 15.6. The normalized spacial score (nSPS) is 15.1. The fourth-order valence-electron chi connectivity index (χ4n) is 9.95. The number of aromatic nitrogens is 2. The molecule has 1 aliphatic rings. The van der Waals surface area contributed by atoms with Crippen LogP contribution in [0.3, 0.4) is 0 Å².